The van der Waals surface area contributed by atoms with Crippen molar-refractivity contribution < 1.29 is 0 Å². The van der Waals surface area contributed by atoms with E-state index >= 15 is 0 Å². The predicted octanol–water partition coefficient (Wildman–Crippen LogP) is 0.535. The lowest BCUT2D eigenvalue weighted by atomic mass is 10.4. The second kappa shape index (κ2) is 3.08. The summed E-state index contributed by atoms with van der Waals surface area (Å²) in [5.41, 5.74) is 7.18. The molecule has 2 aromatic rings. The van der Waals surface area contributed by atoms with E-state index < -0.39 is 0 Å². The van der Waals surface area contributed by atoms with E-state index in [1.165, 1.54) is 12.8 Å². The molecular weight excluding hydrogens is 192 g/mol. The molecule has 3 rings (SSSR count). The summed E-state index contributed by atoms with van der Waals surface area (Å²) in [6, 6.07) is 0. The van der Waals surface area contributed by atoms with Crippen LogP contribution >= 0.6 is 0 Å². The Balaban J connectivity index is 2.18. The van der Waals surface area contributed by atoms with E-state index in [1.807, 2.05) is 0 Å². The molecule has 1 saturated heterocycles. The van der Waals surface area contributed by atoms with Crippen molar-refractivity contribution in [3.05, 3.63) is 6.33 Å². The van der Waals surface area contributed by atoms with Gasteiger partial charge in [0.15, 0.2) is 17.0 Å². The van der Waals surface area contributed by atoms with Crippen LogP contribution in [0.1, 0.15) is 12.8 Å². The number of nitrogens with two attached hydrogens (primary N) is 1. The molecule has 0 bridgehead atoms. The standard InChI is InChI=1S/C9H12N6/c10-9-13-7-6(11-5-12-7)8(14-9)15-3-1-2-4-15/h5H,1-4H2,(H3,10,11,12,13,14). The molecule has 1 fully saturated rings. The highest BCUT2D eigenvalue weighted by atomic mass is 15.2. The fourth-order valence-corrected chi connectivity index (χ4v) is 1.99. The Bertz CT molecular complexity index is 484. The van der Waals surface area contributed by atoms with Gasteiger partial charge in [0.25, 0.3) is 0 Å². The van der Waals surface area contributed by atoms with E-state index in [2.05, 4.69) is 24.8 Å². The van der Waals surface area contributed by atoms with Crippen LogP contribution in [-0.4, -0.2) is 33.0 Å². The number of aromatic amines is 1. The number of aromatic nitrogens is 4. The number of H-pyrrole nitrogens is 1. The first-order valence-corrected chi connectivity index (χ1v) is 5.06. The van der Waals surface area contributed by atoms with Gasteiger partial charge in [0.05, 0.1) is 6.33 Å². The Kier molecular flexibility index (Phi) is 1.74. The molecule has 0 atom stereocenters. The average Bonchev–Trinajstić information content (AvgIpc) is 2.86. The van der Waals surface area contributed by atoms with Crippen LogP contribution in [0.15, 0.2) is 6.33 Å². The molecule has 0 spiro atoms. The zero-order valence-corrected chi connectivity index (χ0v) is 8.27. The third kappa shape index (κ3) is 1.29. The molecule has 1 aliphatic heterocycles. The zero-order valence-electron chi connectivity index (χ0n) is 8.27. The predicted molar refractivity (Wildman–Crippen MR) is 57.5 cm³/mol. The highest BCUT2D eigenvalue weighted by Gasteiger charge is 2.18. The summed E-state index contributed by atoms with van der Waals surface area (Å²) in [4.78, 5) is 17.7. The molecule has 2 aromatic heterocycles. The van der Waals surface area contributed by atoms with Crippen molar-refractivity contribution in [2.24, 2.45) is 0 Å². The van der Waals surface area contributed by atoms with Crippen molar-refractivity contribution in [2.75, 3.05) is 23.7 Å². The van der Waals surface area contributed by atoms with Crippen LogP contribution in [-0.2, 0) is 0 Å². The van der Waals surface area contributed by atoms with Gasteiger partial charge in [-0.2, -0.15) is 9.97 Å². The van der Waals surface area contributed by atoms with Crippen molar-refractivity contribution in [2.45, 2.75) is 12.8 Å². The fourth-order valence-electron chi connectivity index (χ4n) is 1.99. The van der Waals surface area contributed by atoms with E-state index in [-0.39, 0.29) is 0 Å². The van der Waals surface area contributed by atoms with Crippen LogP contribution in [0, 0.1) is 0 Å². The zero-order chi connectivity index (χ0) is 10.3. The maximum atomic E-state index is 5.65. The van der Waals surface area contributed by atoms with Gasteiger partial charge in [-0.05, 0) is 12.8 Å². The molecular formula is C9H12N6. The topological polar surface area (TPSA) is 83.7 Å². The minimum absolute atomic E-state index is 0.300. The van der Waals surface area contributed by atoms with Crippen molar-refractivity contribution in [3.63, 3.8) is 0 Å². The van der Waals surface area contributed by atoms with E-state index in [0.29, 0.717) is 11.6 Å². The van der Waals surface area contributed by atoms with Gasteiger partial charge in [-0.3, -0.25) is 0 Å². The molecule has 3 heterocycles. The van der Waals surface area contributed by atoms with Gasteiger partial charge in [0.2, 0.25) is 5.95 Å². The van der Waals surface area contributed by atoms with Gasteiger partial charge in [0, 0.05) is 13.1 Å². The van der Waals surface area contributed by atoms with Crippen molar-refractivity contribution in [1.29, 1.82) is 0 Å². The third-order valence-electron chi connectivity index (χ3n) is 2.68. The highest BCUT2D eigenvalue weighted by molar-refractivity contribution is 5.84. The number of anilines is 2. The normalized spacial score (nSPS) is 16.4. The van der Waals surface area contributed by atoms with Crippen LogP contribution < -0.4 is 10.6 Å². The summed E-state index contributed by atoms with van der Waals surface area (Å²) in [5.74, 6) is 1.16. The monoisotopic (exact) mass is 204 g/mol. The Morgan fingerprint density at radius 3 is 2.87 bits per heavy atom. The Hall–Kier alpha value is -1.85. The maximum absolute atomic E-state index is 5.65. The van der Waals surface area contributed by atoms with Crippen molar-refractivity contribution >= 4 is 22.9 Å². The summed E-state index contributed by atoms with van der Waals surface area (Å²) in [5, 5.41) is 0. The first-order chi connectivity index (χ1) is 7.34. The number of fused-ring (bicyclic) bond motifs is 1. The molecule has 0 unspecified atom stereocenters. The maximum Gasteiger partial charge on any atom is 0.224 e. The molecule has 0 radical (unpaired) electrons. The second-order valence-electron chi connectivity index (χ2n) is 3.70. The average molecular weight is 204 g/mol. The molecule has 0 aliphatic carbocycles. The number of nitrogens with one attached hydrogen (secondary N) is 1. The van der Waals surface area contributed by atoms with Crippen LogP contribution in [0.4, 0.5) is 11.8 Å². The fraction of sp³-hybridized carbons (Fsp3) is 0.444. The lowest BCUT2D eigenvalue weighted by Gasteiger charge is -2.16. The summed E-state index contributed by atoms with van der Waals surface area (Å²) < 4.78 is 0. The number of hydrogen-bond donors (Lipinski definition) is 2. The molecule has 0 aromatic carbocycles. The number of nitrogens with zero attached hydrogens (tertiary/aromatic N) is 4. The number of nitrogen functional groups attached to an aromatic ring is 1. The quantitative estimate of drug-likeness (QED) is 0.708. The second-order valence-corrected chi connectivity index (χ2v) is 3.70. The van der Waals surface area contributed by atoms with Crippen molar-refractivity contribution in [3.8, 4) is 0 Å². The van der Waals surface area contributed by atoms with Gasteiger partial charge in [0.1, 0.15) is 0 Å². The number of hydrogen-bond acceptors (Lipinski definition) is 5. The van der Waals surface area contributed by atoms with Gasteiger partial charge >= 0.3 is 0 Å². The molecule has 15 heavy (non-hydrogen) atoms. The Morgan fingerprint density at radius 1 is 1.27 bits per heavy atom. The molecule has 6 heteroatoms. The number of rotatable bonds is 1. The van der Waals surface area contributed by atoms with E-state index in [9.17, 15) is 0 Å². The Morgan fingerprint density at radius 2 is 2.07 bits per heavy atom. The lowest BCUT2D eigenvalue weighted by Crippen LogP contribution is -2.20. The molecule has 6 nitrogen and oxygen atoms in total. The first-order valence-electron chi connectivity index (χ1n) is 5.06. The van der Waals surface area contributed by atoms with E-state index in [4.69, 9.17) is 5.73 Å². The summed E-state index contributed by atoms with van der Waals surface area (Å²) >= 11 is 0. The number of imidazole rings is 1. The minimum Gasteiger partial charge on any atom is -0.368 e. The van der Waals surface area contributed by atoms with E-state index in [0.717, 1.165) is 24.4 Å². The summed E-state index contributed by atoms with van der Waals surface area (Å²) in [6.07, 6.45) is 4.03. The lowest BCUT2D eigenvalue weighted by molar-refractivity contribution is 0.939. The third-order valence-corrected chi connectivity index (χ3v) is 2.68. The van der Waals surface area contributed by atoms with E-state index in [1.54, 1.807) is 6.33 Å². The van der Waals surface area contributed by atoms with Crippen LogP contribution in [0.5, 0.6) is 0 Å². The van der Waals surface area contributed by atoms with Crippen LogP contribution in [0.25, 0.3) is 11.2 Å². The molecule has 3 N–H and O–H groups in total. The summed E-state index contributed by atoms with van der Waals surface area (Å²) in [7, 11) is 0. The van der Waals surface area contributed by atoms with Gasteiger partial charge in [-0.1, -0.05) is 0 Å². The van der Waals surface area contributed by atoms with Crippen molar-refractivity contribution in [1.82, 2.24) is 19.9 Å². The van der Waals surface area contributed by atoms with Gasteiger partial charge in [-0.25, -0.2) is 4.98 Å². The van der Waals surface area contributed by atoms with Gasteiger partial charge in [-0.15, -0.1) is 0 Å². The van der Waals surface area contributed by atoms with Gasteiger partial charge < -0.3 is 15.6 Å². The Labute approximate surface area is 86.5 Å². The molecule has 1 aliphatic rings. The first kappa shape index (κ1) is 8.46. The SMILES string of the molecule is Nc1nc(N2CCCC2)c2nc[nH]c2n1. The van der Waals surface area contributed by atoms with Crippen LogP contribution in [0.3, 0.4) is 0 Å². The minimum atomic E-state index is 0.300. The smallest absolute Gasteiger partial charge is 0.224 e. The highest BCUT2D eigenvalue weighted by Crippen LogP contribution is 2.24. The molecule has 0 amide bonds. The largest absolute Gasteiger partial charge is 0.368 e. The molecule has 0 saturated carbocycles. The molecule has 78 valence electrons. The van der Waals surface area contributed by atoms with Crippen LogP contribution in [0.2, 0.25) is 0 Å². The summed E-state index contributed by atoms with van der Waals surface area (Å²) in [6.45, 7) is 2.05.